The highest BCUT2D eigenvalue weighted by Crippen LogP contribution is 2.28. The van der Waals surface area contributed by atoms with Crippen molar-refractivity contribution in [2.45, 2.75) is 38.7 Å². The quantitative estimate of drug-likeness (QED) is 0.715. The van der Waals surface area contributed by atoms with Crippen molar-refractivity contribution in [3.8, 4) is 5.88 Å². The third-order valence-corrected chi connectivity index (χ3v) is 4.74. The van der Waals surface area contributed by atoms with Crippen LogP contribution in [0, 0.1) is 5.82 Å². The van der Waals surface area contributed by atoms with Gasteiger partial charge in [0.1, 0.15) is 11.9 Å². The number of anilines is 2. The molecule has 4 rings (SSSR count). The lowest BCUT2D eigenvalue weighted by Gasteiger charge is -2.23. The zero-order valence-electron chi connectivity index (χ0n) is 15.6. The van der Waals surface area contributed by atoms with E-state index in [1.165, 1.54) is 12.1 Å². The summed E-state index contributed by atoms with van der Waals surface area (Å²) in [4.78, 5) is 4.53. The van der Waals surface area contributed by atoms with Crippen LogP contribution in [0.4, 0.5) is 15.8 Å². The van der Waals surface area contributed by atoms with Crippen LogP contribution in [-0.4, -0.2) is 33.8 Å². The van der Waals surface area contributed by atoms with Gasteiger partial charge in [-0.05, 0) is 50.0 Å². The van der Waals surface area contributed by atoms with E-state index in [2.05, 4.69) is 34.6 Å². The van der Waals surface area contributed by atoms with Gasteiger partial charge in [-0.1, -0.05) is 19.9 Å². The Hall–Kier alpha value is -2.67. The van der Waals surface area contributed by atoms with Gasteiger partial charge in [-0.3, -0.25) is 0 Å². The third-order valence-electron chi connectivity index (χ3n) is 4.74. The Bertz CT molecular complexity index is 933. The number of imidazole rings is 1. The van der Waals surface area contributed by atoms with Crippen molar-refractivity contribution in [3.63, 3.8) is 0 Å². The predicted molar refractivity (Wildman–Crippen MR) is 103 cm³/mol. The number of aromatic nitrogens is 3. The normalized spacial score (nSPS) is 15.4. The Morgan fingerprint density at radius 3 is 2.81 bits per heavy atom. The number of nitrogens with one attached hydrogen (secondary N) is 2. The number of nitrogens with zero attached hydrogens (tertiary/aromatic N) is 3. The van der Waals surface area contributed by atoms with E-state index in [9.17, 15) is 4.39 Å². The summed E-state index contributed by atoms with van der Waals surface area (Å²) in [6.45, 7) is 6.10. The van der Waals surface area contributed by atoms with Crippen molar-refractivity contribution >= 4 is 17.0 Å². The predicted octanol–water partition coefficient (Wildman–Crippen LogP) is 3.87. The van der Waals surface area contributed by atoms with Gasteiger partial charge in [0.05, 0.1) is 17.6 Å². The minimum absolute atomic E-state index is 0.143. The molecule has 7 heteroatoms. The first-order valence-electron chi connectivity index (χ1n) is 9.39. The first-order valence-corrected chi connectivity index (χ1v) is 9.39. The molecule has 27 heavy (non-hydrogen) atoms. The molecule has 3 aromatic rings. The summed E-state index contributed by atoms with van der Waals surface area (Å²) < 4.78 is 21.6. The van der Waals surface area contributed by atoms with Crippen LogP contribution in [0.25, 0.3) is 5.65 Å². The van der Waals surface area contributed by atoms with Gasteiger partial charge in [-0.25, -0.2) is 13.9 Å². The van der Waals surface area contributed by atoms with Gasteiger partial charge in [0.2, 0.25) is 5.88 Å². The molecule has 1 aliphatic rings. The van der Waals surface area contributed by atoms with Gasteiger partial charge >= 0.3 is 0 Å². The summed E-state index contributed by atoms with van der Waals surface area (Å²) >= 11 is 0. The maximum absolute atomic E-state index is 13.6. The number of rotatable bonds is 5. The van der Waals surface area contributed by atoms with E-state index in [-0.39, 0.29) is 17.8 Å². The van der Waals surface area contributed by atoms with E-state index in [0.717, 1.165) is 37.3 Å². The molecule has 1 fully saturated rings. The topological polar surface area (TPSA) is 63.5 Å². The number of piperidine rings is 1. The van der Waals surface area contributed by atoms with E-state index in [1.54, 1.807) is 6.07 Å². The van der Waals surface area contributed by atoms with E-state index in [0.29, 0.717) is 17.2 Å². The number of benzene rings is 1. The van der Waals surface area contributed by atoms with Crippen molar-refractivity contribution < 1.29 is 9.13 Å². The van der Waals surface area contributed by atoms with Gasteiger partial charge < -0.3 is 15.4 Å². The fraction of sp³-hybridized carbons (Fsp3) is 0.400. The van der Waals surface area contributed by atoms with E-state index in [4.69, 9.17) is 4.74 Å². The number of ether oxygens (including phenoxy) is 1. The zero-order chi connectivity index (χ0) is 18.8. The maximum Gasteiger partial charge on any atom is 0.234 e. The van der Waals surface area contributed by atoms with Crippen LogP contribution >= 0.6 is 0 Å². The van der Waals surface area contributed by atoms with Crippen molar-refractivity contribution in [3.05, 3.63) is 48.0 Å². The van der Waals surface area contributed by atoms with Crippen LogP contribution in [0.3, 0.4) is 0 Å². The van der Waals surface area contributed by atoms with E-state index in [1.807, 2.05) is 22.8 Å². The first kappa shape index (κ1) is 17.7. The molecule has 6 nitrogen and oxygen atoms in total. The summed E-state index contributed by atoms with van der Waals surface area (Å²) in [5.74, 6) is 0.527. The molecule has 0 unspecified atom stereocenters. The summed E-state index contributed by atoms with van der Waals surface area (Å²) in [5, 5.41) is 11.3. The van der Waals surface area contributed by atoms with Crippen molar-refractivity contribution in [1.29, 1.82) is 0 Å². The van der Waals surface area contributed by atoms with Crippen molar-refractivity contribution in [2.75, 3.05) is 18.4 Å². The van der Waals surface area contributed by atoms with E-state index < -0.39 is 0 Å². The highest BCUT2D eigenvalue weighted by atomic mass is 19.1. The van der Waals surface area contributed by atoms with E-state index >= 15 is 0 Å². The number of hydrogen-bond donors (Lipinski definition) is 2. The fourth-order valence-electron chi connectivity index (χ4n) is 3.31. The standard InChI is InChI=1S/C20H24FN5O/c1-13(2)18-12-23-20-17(24-15-5-3-4-14(21)10-15)11-19(25-26(18)20)27-16-6-8-22-9-7-16/h3-5,10-13,16,22,24H,6-9H2,1-2H3. The first-order chi connectivity index (χ1) is 13.1. The lowest BCUT2D eigenvalue weighted by molar-refractivity contribution is 0.154. The molecule has 2 aromatic heterocycles. The Kier molecular flexibility index (Phi) is 4.94. The monoisotopic (exact) mass is 369 g/mol. The molecular formula is C20H24FN5O. The molecule has 1 aliphatic heterocycles. The molecule has 0 amide bonds. The van der Waals surface area contributed by atoms with Crippen molar-refractivity contribution in [1.82, 2.24) is 19.9 Å². The highest BCUT2D eigenvalue weighted by Gasteiger charge is 2.19. The molecular weight excluding hydrogens is 345 g/mol. The number of fused-ring (bicyclic) bond motifs is 1. The number of hydrogen-bond acceptors (Lipinski definition) is 5. The molecule has 0 bridgehead atoms. The van der Waals surface area contributed by atoms with Gasteiger partial charge in [-0.2, -0.15) is 0 Å². The molecule has 0 aliphatic carbocycles. The summed E-state index contributed by atoms with van der Waals surface area (Å²) in [6, 6.07) is 8.22. The highest BCUT2D eigenvalue weighted by molar-refractivity contribution is 5.74. The average molecular weight is 369 g/mol. The second kappa shape index (κ2) is 7.52. The SMILES string of the molecule is CC(C)c1cnc2c(Nc3cccc(F)c3)cc(OC3CCNCC3)nn12. The molecule has 3 heterocycles. The van der Waals surface area contributed by atoms with Gasteiger partial charge in [0.25, 0.3) is 0 Å². The van der Waals surface area contributed by atoms with Crippen LogP contribution in [0.15, 0.2) is 36.5 Å². The van der Waals surface area contributed by atoms with Crippen LogP contribution in [0.1, 0.15) is 38.3 Å². The second-order valence-corrected chi connectivity index (χ2v) is 7.17. The molecule has 2 N–H and O–H groups in total. The molecule has 0 radical (unpaired) electrons. The summed E-state index contributed by atoms with van der Waals surface area (Å²) in [7, 11) is 0. The van der Waals surface area contributed by atoms with Crippen molar-refractivity contribution in [2.24, 2.45) is 0 Å². The molecule has 0 spiro atoms. The Morgan fingerprint density at radius 1 is 1.26 bits per heavy atom. The smallest absolute Gasteiger partial charge is 0.234 e. The lowest BCUT2D eigenvalue weighted by Crippen LogP contribution is -2.34. The molecule has 1 aromatic carbocycles. The summed E-state index contributed by atoms with van der Waals surface area (Å²) in [5.41, 5.74) is 3.10. The van der Waals surface area contributed by atoms with Gasteiger partial charge in [-0.15, -0.1) is 5.10 Å². The Morgan fingerprint density at radius 2 is 2.07 bits per heavy atom. The minimum Gasteiger partial charge on any atom is -0.473 e. The zero-order valence-corrected chi connectivity index (χ0v) is 15.6. The lowest BCUT2D eigenvalue weighted by atomic mass is 10.1. The molecule has 0 saturated carbocycles. The Labute approximate surface area is 157 Å². The molecule has 0 atom stereocenters. The largest absolute Gasteiger partial charge is 0.473 e. The Balaban J connectivity index is 1.73. The minimum atomic E-state index is -0.289. The average Bonchev–Trinajstić information content (AvgIpc) is 3.07. The number of halogens is 1. The van der Waals surface area contributed by atoms with Crippen LogP contribution in [0.5, 0.6) is 5.88 Å². The summed E-state index contributed by atoms with van der Waals surface area (Å²) in [6.07, 6.45) is 3.88. The van der Waals surface area contributed by atoms with Gasteiger partial charge in [0.15, 0.2) is 5.65 Å². The maximum atomic E-state index is 13.6. The fourth-order valence-corrected chi connectivity index (χ4v) is 3.31. The van der Waals surface area contributed by atoms with Crippen LogP contribution in [-0.2, 0) is 0 Å². The van der Waals surface area contributed by atoms with Gasteiger partial charge in [0, 0.05) is 11.8 Å². The van der Waals surface area contributed by atoms with Crippen LogP contribution in [0.2, 0.25) is 0 Å². The second-order valence-electron chi connectivity index (χ2n) is 7.17. The molecule has 142 valence electrons. The molecule has 1 saturated heterocycles. The third kappa shape index (κ3) is 3.88. The van der Waals surface area contributed by atoms with Crippen LogP contribution < -0.4 is 15.4 Å².